The summed E-state index contributed by atoms with van der Waals surface area (Å²) in [6.07, 6.45) is 7.95. The van der Waals surface area contributed by atoms with Gasteiger partial charge in [0.1, 0.15) is 5.82 Å². The van der Waals surface area contributed by atoms with E-state index >= 15 is 0 Å². The van der Waals surface area contributed by atoms with Crippen molar-refractivity contribution in [1.82, 2.24) is 5.32 Å². The highest BCUT2D eigenvalue weighted by atomic mass is 19.1. The van der Waals surface area contributed by atoms with Crippen molar-refractivity contribution in [3.63, 3.8) is 0 Å². The van der Waals surface area contributed by atoms with E-state index in [1.54, 1.807) is 6.07 Å². The first-order chi connectivity index (χ1) is 7.36. The molecule has 1 unspecified atom stereocenters. The van der Waals surface area contributed by atoms with Crippen LogP contribution in [0.3, 0.4) is 0 Å². The fraction of sp³-hybridized carbons (Fsp3) is 0.385. The van der Waals surface area contributed by atoms with Crippen LogP contribution in [0.25, 0.3) is 0 Å². The smallest absolute Gasteiger partial charge is 0.127 e. The average molecular weight is 205 g/mol. The standard InChI is InChI=1S/C13H16FN/c14-13-9-5-4-6-11(13)10-15-12-7-2-1-3-8-12/h2,4-7,9,12,15H,1,3,8,10H2. The number of benzene rings is 1. The molecule has 1 aliphatic carbocycles. The summed E-state index contributed by atoms with van der Waals surface area (Å²) in [4.78, 5) is 0. The fourth-order valence-corrected chi connectivity index (χ4v) is 1.87. The molecular weight excluding hydrogens is 189 g/mol. The van der Waals surface area contributed by atoms with Crippen molar-refractivity contribution in [2.45, 2.75) is 31.8 Å². The monoisotopic (exact) mass is 205 g/mol. The Balaban J connectivity index is 1.90. The van der Waals surface area contributed by atoms with Gasteiger partial charge in [0.25, 0.3) is 0 Å². The number of hydrogen-bond acceptors (Lipinski definition) is 1. The minimum atomic E-state index is -0.121. The molecule has 1 aromatic carbocycles. The topological polar surface area (TPSA) is 12.0 Å². The van der Waals surface area contributed by atoms with Crippen molar-refractivity contribution < 1.29 is 4.39 Å². The maximum Gasteiger partial charge on any atom is 0.127 e. The highest BCUT2D eigenvalue weighted by Crippen LogP contribution is 2.12. The van der Waals surface area contributed by atoms with Crippen LogP contribution in [0.2, 0.25) is 0 Å². The molecule has 2 heteroatoms. The van der Waals surface area contributed by atoms with Crippen molar-refractivity contribution in [1.29, 1.82) is 0 Å². The second-order valence-electron chi connectivity index (χ2n) is 3.94. The summed E-state index contributed by atoms with van der Waals surface area (Å²) in [5.41, 5.74) is 0.747. The number of allylic oxidation sites excluding steroid dienone is 1. The summed E-state index contributed by atoms with van der Waals surface area (Å²) in [7, 11) is 0. The molecule has 0 heterocycles. The Hall–Kier alpha value is -1.15. The Kier molecular flexibility index (Phi) is 3.51. The Morgan fingerprint density at radius 2 is 2.20 bits per heavy atom. The van der Waals surface area contributed by atoms with Gasteiger partial charge in [-0.3, -0.25) is 0 Å². The third kappa shape index (κ3) is 2.90. The lowest BCUT2D eigenvalue weighted by Gasteiger charge is -2.18. The maximum atomic E-state index is 13.3. The molecule has 1 nitrogen and oxygen atoms in total. The third-order valence-electron chi connectivity index (χ3n) is 2.77. The average Bonchev–Trinajstić information content (AvgIpc) is 2.29. The molecule has 0 saturated carbocycles. The summed E-state index contributed by atoms with van der Waals surface area (Å²) in [5.74, 6) is -0.121. The summed E-state index contributed by atoms with van der Waals surface area (Å²) in [5, 5.41) is 3.35. The molecule has 1 aromatic rings. The van der Waals surface area contributed by atoms with E-state index in [2.05, 4.69) is 17.5 Å². The van der Waals surface area contributed by atoms with Crippen molar-refractivity contribution in [2.75, 3.05) is 0 Å². The predicted octanol–water partition coefficient (Wildman–Crippen LogP) is 3.02. The van der Waals surface area contributed by atoms with Crippen LogP contribution in [0, 0.1) is 5.82 Å². The third-order valence-corrected chi connectivity index (χ3v) is 2.77. The van der Waals surface area contributed by atoms with E-state index in [0.29, 0.717) is 12.6 Å². The van der Waals surface area contributed by atoms with Gasteiger partial charge in [0.05, 0.1) is 0 Å². The van der Waals surface area contributed by atoms with Gasteiger partial charge >= 0.3 is 0 Å². The second kappa shape index (κ2) is 5.08. The highest BCUT2D eigenvalue weighted by Gasteiger charge is 2.08. The zero-order chi connectivity index (χ0) is 10.5. The van der Waals surface area contributed by atoms with Gasteiger partial charge in [-0.25, -0.2) is 4.39 Å². The molecule has 1 aliphatic rings. The highest BCUT2D eigenvalue weighted by molar-refractivity contribution is 5.17. The largest absolute Gasteiger partial charge is 0.306 e. The van der Waals surface area contributed by atoms with Gasteiger partial charge in [-0.1, -0.05) is 30.4 Å². The summed E-state index contributed by atoms with van der Waals surface area (Å²) in [6, 6.07) is 7.34. The van der Waals surface area contributed by atoms with Crippen molar-refractivity contribution in [3.05, 3.63) is 47.8 Å². The Morgan fingerprint density at radius 1 is 1.33 bits per heavy atom. The molecule has 0 saturated heterocycles. The van der Waals surface area contributed by atoms with E-state index in [-0.39, 0.29) is 5.82 Å². The Morgan fingerprint density at radius 3 is 2.93 bits per heavy atom. The van der Waals surface area contributed by atoms with E-state index in [4.69, 9.17) is 0 Å². The zero-order valence-electron chi connectivity index (χ0n) is 8.75. The number of hydrogen-bond donors (Lipinski definition) is 1. The van der Waals surface area contributed by atoms with Gasteiger partial charge < -0.3 is 5.32 Å². The number of halogens is 1. The van der Waals surface area contributed by atoms with Crippen LogP contribution in [0.5, 0.6) is 0 Å². The lowest BCUT2D eigenvalue weighted by Crippen LogP contribution is -2.28. The van der Waals surface area contributed by atoms with E-state index in [1.807, 2.05) is 12.1 Å². The van der Waals surface area contributed by atoms with Crippen LogP contribution in [0.15, 0.2) is 36.4 Å². The minimum absolute atomic E-state index is 0.121. The first-order valence-electron chi connectivity index (χ1n) is 5.50. The van der Waals surface area contributed by atoms with Gasteiger partial charge in [-0.15, -0.1) is 0 Å². The van der Waals surface area contributed by atoms with Crippen LogP contribution in [-0.4, -0.2) is 6.04 Å². The molecular formula is C13H16FN. The summed E-state index contributed by atoms with van der Waals surface area (Å²) >= 11 is 0. The van der Waals surface area contributed by atoms with Gasteiger partial charge in [0.2, 0.25) is 0 Å². The first kappa shape index (κ1) is 10.4. The molecule has 0 fully saturated rings. The van der Waals surface area contributed by atoms with Gasteiger partial charge in [-0.05, 0) is 25.3 Å². The molecule has 0 radical (unpaired) electrons. The zero-order valence-corrected chi connectivity index (χ0v) is 8.75. The lowest BCUT2D eigenvalue weighted by molar-refractivity contribution is 0.509. The quantitative estimate of drug-likeness (QED) is 0.748. The van der Waals surface area contributed by atoms with Crippen LogP contribution in [0.4, 0.5) is 4.39 Å². The molecule has 15 heavy (non-hydrogen) atoms. The number of rotatable bonds is 3. The van der Waals surface area contributed by atoms with Gasteiger partial charge in [0.15, 0.2) is 0 Å². The molecule has 0 amide bonds. The molecule has 0 aliphatic heterocycles. The van der Waals surface area contributed by atoms with Crippen LogP contribution in [0.1, 0.15) is 24.8 Å². The molecule has 1 atom stereocenters. The summed E-state index contributed by atoms with van der Waals surface area (Å²) < 4.78 is 13.3. The van der Waals surface area contributed by atoms with Crippen LogP contribution < -0.4 is 5.32 Å². The second-order valence-corrected chi connectivity index (χ2v) is 3.94. The fourth-order valence-electron chi connectivity index (χ4n) is 1.87. The van der Waals surface area contributed by atoms with Gasteiger partial charge in [0, 0.05) is 18.2 Å². The van der Waals surface area contributed by atoms with Crippen molar-refractivity contribution >= 4 is 0 Å². The van der Waals surface area contributed by atoms with Crippen molar-refractivity contribution in [2.24, 2.45) is 0 Å². The first-order valence-corrected chi connectivity index (χ1v) is 5.50. The normalized spacial score (nSPS) is 20.5. The van der Waals surface area contributed by atoms with E-state index in [0.717, 1.165) is 12.0 Å². The SMILES string of the molecule is Fc1ccccc1CNC1C=CCCC1. The van der Waals surface area contributed by atoms with E-state index < -0.39 is 0 Å². The number of nitrogens with one attached hydrogen (secondary N) is 1. The molecule has 0 spiro atoms. The van der Waals surface area contributed by atoms with E-state index in [1.165, 1.54) is 18.9 Å². The van der Waals surface area contributed by atoms with Gasteiger partial charge in [-0.2, -0.15) is 0 Å². The van der Waals surface area contributed by atoms with E-state index in [9.17, 15) is 4.39 Å². The molecule has 80 valence electrons. The van der Waals surface area contributed by atoms with Crippen LogP contribution >= 0.6 is 0 Å². The molecule has 2 rings (SSSR count). The lowest BCUT2D eigenvalue weighted by atomic mass is 10.0. The molecule has 1 N–H and O–H groups in total. The summed E-state index contributed by atoms with van der Waals surface area (Å²) in [6.45, 7) is 0.613. The van der Waals surface area contributed by atoms with Crippen LogP contribution in [-0.2, 0) is 6.54 Å². The molecule has 0 bridgehead atoms. The minimum Gasteiger partial charge on any atom is -0.306 e. The Labute approximate surface area is 90.0 Å². The Bertz CT molecular complexity index is 346. The van der Waals surface area contributed by atoms with Crippen molar-refractivity contribution in [3.8, 4) is 0 Å². The predicted molar refractivity (Wildman–Crippen MR) is 60.0 cm³/mol. The maximum absolute atomic E-state index is 13.3. The molecule has 0 aromatic heterocycles.